The number of aromatic nitrogens is 1. The van der Waals surface area contributed by atoms with Gasteiger partial charge in [0, 0.05) is 43.2 Å². The summed E-state index contributed by atoms with van der Waals surface area (Å²) in [6, 6.07) is 27.9. The van der Waals surface area contributed by atoms with Crippen LogP contribution in [0.15, 0.2) is 91.1 Å². The third kappa shape index (κ3) is 4.95. The molecular weight excluding hydrogens is 398 g/mol. The summed E-state index contributed by atoms with van der Waals surface area (Å²) in [6.45, 7) is 2.97. The maximum atomic E-state index is 13.5. The summed E-state index contributed by atoms with van der Waals surface area (Å²) in [4.78, 5) is 19.7. The molecular formula is C27H27N3O2. The second-order valence-electron chi connectivity index (χ2n) is 7.69. The van der Waals surface area contributed by atoms with Gasteiger partial charge in [0.05, 0.1) is 6.61 Å². The van der Waals surface area contributed by atoms with Crippen molar-refractivity contribution in [1.29, 1.82) is 0 Å². The van der Waals surface area contributed by atoms with E-state index in [1.165, 1.54) is 5.56 Å². The van der Waals surface area contributed by atoms with E-state index in [9.17, 15) is 4.79 Å². The predicted octanol–water partition coefficient (Wildman–Crippen LogP) is 5.70. The summed E-state index contributed by atoms with van der Waals surface area (Å²) < 4.78 is 5.28. The Bertz CT molecular complexity index is 1190. The highest BCUT2D eigenvalue weighted by Gasteiger charge is 2.19. The molecule has 1 heterocycles. The second kappa shape index (κ2) is 10.1. The molecule has 0 aliphatic rings. The monoisotopic (exact) mass is 425 g/mol. The molecule has 4 rings (SSSR count). The minimum Gasteiger partial charge on any atom is -0.383 e. The molecule has 0 saturated carbocycles. The lowest BCUT2D eigenvalue weighted by molar-refractivity contribution is 0.0976. The van der Waals surface area contributed by atoms with Crippen molar-refractivity contribution < 1.29 is 9.53 Å². The maximum Gasteiger partial charge on any atom is 0.258 e. The van der Waals surface area contributed by atoms with Gasteiger partial charge in [0.2, 0.25) is 0 Å². The Balaban J connectivity index is 1.60. The van der Waals surface area contributed by atoms with Crippen LogP contribution in [0, 0.1) is 0 Å². The second-order valence-corrected chi connectivity index (χ2v) is 7.69. The summed E-state index contributed by atoms with van der Waals surface area (Å²) in [7, 11) is 1.64. The van der Waals surface area contributed by atoms with Crippen molar-refractivity contribution in [3.63, 3.8) is 0 Å². The Hall–Kier alpha value is -3.70. The first-order valence-corrected chi connectivity index (χ1v) is 10.7. The first-order chi connectivity index (χ1) is 15.7. The molecule has 0 spiro atoms. The molecule has 0 aliphatic heterocycles. The van der Waals surface area contributed by atoms with Gasteiger partial charge in [0.15, 0.2) is 0 Å². The normalized spacial score (nSPS) is 11.8. The Kier molecular flexibility index (Phi) is 6.78. The van der Waals surface area contributed by atoms with Crippen molar-refractivity contribution in [2.24, 2.45) is 0 Å². The third-order valence-electron chi connectivity index (χ3n) is 5.48. The Morgan fingerprint density at radius 2 is 1.72 bits per heavy atom. The van der Waals surface area contributed by atoms with Gasteiger partial charge >= 0.3 is 0 Å². The molecule has 0 fully saturated rings. The van der Waals surface area contributed by atoms with E-state index in [4.69, 9.17) is 4.74 Å². The number of pyridine rings is 1. The van der Waals surface area contributed by atoms with Crippen LogP contribution in [-0.2, 0) is 4.74 Å². The Morgan fingerprint density at radius 3 is 2.50 bits per heavy atom. The number of nitrogens with zero attached hydrogens (tertiary/aromatic N) is 2. The molecule has 32 heavy (non-hydrogen) atoms. The molecule has 0 saturated heterocycles. The van der Waals surface area contributed by atoms with Crippen LogP contribution in [0.5, 0.6) is 0 Å². The van der Waals surface area contributed by atoms with Crippen molar-refractivity contribution in [1.82, 2.24) is 4.98 Å². The first-order valence-electron chi connectivity index (χ1n) is 10.7. The number of hydrogen-bond acceptors (Lipinski definition) is 4. The van der Waals surface area contributed by atoms with Gasteiger partial charge in [0.1, 0.15) is 5.82 Å². The number of methoxy groups -OCH3 is 1. The number of rotatable bonds is 8. The molecule has 0 bridgehead atoms. The zero-order valence-corrected chi connectivity index (χ0v) is 18.4. The van der Waals surface area contributed by atoms with Crippen LogP contribution in [0.1, 0.15) is 28.9 Å². The molecule has 3 aromatic carbocycles. The summed E-state index contributed by atoms with van der Waals surface area (Å²) in [5.74, 6) is 0.647. The van der Waals surface area contributed by atoms with E-state index in [0.29, 0.717) is 24.5 Å². The number of nitrogens with one attached hydrogen (secondary N) is 1. The quantitative estimate of drug-likeness (QED) is 0.393. The van der Waals surface area contributed by atoms with E-state index >= 15 is 0 Å². The highest BCUT2D eigenvalue weighted by Crippen LogP contribution is 2.24. The average molecular weight is 426 g/mol. The number of hydrogen-bond donors (Lipinski definition) is 1. The Labute approximate surface area is 188 Å². The van der Waals surface area contributed by atoms with E-state index < -0.39 is 0 Å². The third-order valence-corrected chi connectivity index (χ3v) is 5.48. The van der Waals surface area contributed by atoms with Crippen molar-refractivity contribution in [3.05, 3.63) is 102 Å². The van der Waals surface area contributed by atoms with E-state index in [0.717, 1.165) is 16.5 Å². The van der Waals surface area contributed by atoms with Crippen molar-refractivity contribution in [2.45, 2.75) is 13.0 Å². The average Bonchev–Trinajstić information content (AvgIpc) is 2.84. The smallest absolute Gasteiger partial charge is 0.258 e. The van der Waals surface area contributed by atoms with Crippen molar-refractivity contribution in [2.75, 3.05) is 30.5 Å². The zero-order chi connectivity index (χ0) is 22.3. The fourth-order valence-corrected chi connectivity index (χ4v) is 3.72. The molecule has 0 radical (unpaired) electrons. The van der Waals surface area contributed by atoms with Crippen LogP contribution in [0.4, 0.5) is 11.5 Å². The number of fused-ring (bicyclic) bond motifs is 1. The molecule has 0 aliphatic carbocycles. The lowest BCUT2D eigenvalue weighted by Crippen LogP contribution is -2.34. The van der Waals surface area contributed by atoms with Crippen LogP contribution >= 0.6 is 0 Å². The topological polar surface area (TPSA) is 54.5 Å². The van der Waals surface area contributed by atoms with Gasteiger partial charge in [-0.2, -0.15) is 0 Å². The van der Waals surface area contributed by atoms with Gasteiger partial charge in [-0.05, 0) is 41.5 Å². The summed E-state index contributed by atoms with van der Waals surface area (Å²) in [5.41, 5.74) is 2.59. The van der Waals surface area contributed by atoms with Crippen molar-refractivity contribution in [3.8, 4) is 0 Å². The minimum absolute atomic E-state index is 0.0685. The summed E-state index contributed by atoms with van der Waals surface area (Å²) >= 11 is 0. The maximum absolute atomic E-state index is 13.5. The van der Waals surface area contributed by atoms with Crippen molar-refractivity contribution >= 4 is 28.2 Å². The van der Waals surface area contributed by atoms with E-state index in [1.54, 1.807) is 18.2 Å². The SMILES string of the molecule is COCCN(C(=O)c1ccc2ccccc2c1)c1ccnc(N[C@H](C)c2ccccc2)c1. The number of carbonyl (C=O) groups is 1. The van der Waals surface area contributed by atoms with Gasteiger partial charge in [-0.15, -0.1) is 0 Å². The van der Waals surface area contributed by atoms with Gasteiger partial charge < -0.3 is 15.0 Å². The highest BCUT2D eigenvalue weighted by atomic mass is 16.5. The fourth-order valence-electron chi connectivity index (χ4n) is 3.72. The molecule has 1 atom stereocenters. The first kappa shape index (κ1) is 21.5. The lowest BCUT2D eigenvalue weighted by atomic mass is 10.1. The largest absolute Gasteiger partial charge is 0.383 e. The number of carbonyl (C=O) groups excluding carboxylic acids is 1. The molecule has 5 nitrogen and oxygen atoms in total. The number of benzene rings is 3. The van der Waals surface area contributed by atoms with Crippen LogP contribution in [-0.4, -0.2) is 31.2 Å². The van der Waals surface area contributed by atoms with Crippen LogP contribution in [0.2, 0.25) is 0 Å². The number of amides is 1. The summed E-state index contributed by atoms with van der Waals surface area (Å²) in [5, 5.41) is 5.58. The highest BCUT2D eigenvalue weighted by molar-refractivity contribution is 6.08. The summed E-state index contributed by atoms with van der Waals surface area (Å²) in [6.07, 6.45) is 1.73. The molecule has 162 valence electrons. The van der Waals surface area contributed by atoms with E-state index in [-0.39, 0.29) is 11.9 Å². The molecule has 1 N–H and O–H groups in total. The van der Waals surface area contributed by atoms with Crippen LogP contribution in [0.3, 0.4) is 0 Å². The van der Waals surface area contributed by atoms with Gasteiger partial charge in [0.25, 0.3) is 5.91 Å². The van der Waals surface area contributed by atoms with E-state index in [1.807, 2.05) is 72.8 Å². The number of ether oxygens (including phenoxy) is 1. The van der Waals surface area contributed by atoms with Gasteiger partial charge in [-0.1, -0.05) is 60.7 Å². The molecule has 5 heteroatoms. The molecule has 1 aromatic heterocycles. The zero-order valence-electron chi connectivity index (χ0n) is 18.4. The standard InChI is InChI=1S/C27H27N3O2/c1-20(21-8-4-3-5-9-21)29-26-19-25(14-15-28-26)30(16-17-32-2)27(31)24-13-12-22-10-6-7-11-23(22)18-24/h3-15,18-20H,16-17H2,1-2H3,(H,28,29)/t20-/m1/s1. The fraction of sp³-hybridized carbons (Fsp3) is 0.185. The predicted molar refractivity (Wildman–Crippen MR) is 130 cm³/mol. The van der Waals surface area contributed by atoms with Crippen LogP contribution in [0.25, 0.3) is 10.8 Å². The lowest BCUT2D eigenvalue weighted by Gasteiger charge is -2.24. The van der Waals surface area contributed by atoms with Crippen LogP contribution < -0.4 is 10.2 Å². The molecule has 0 unspecified atom stereocenters. The van der Waals surface area contributed by atoms with Gasteiger partial charge in [-0.25, -0.2) is 4.98 Å². The van der Waals surface area contributed by atoms with E-state index in [2.05, 4.69) is 29.4 Å². The van der Waals surface area contributed by atoms with Gasteiger partial charge in [-0.3, -0.25) is 4.79 Å². The minimum atomic E-state index is -0.0685. The Morgan fingerprint density at radius 1 is 0.969 bits per heavy atom. The number of anilines is 2. The molecule has 4 aromatic rings. The molecule has 1 amide bonds.